The van der Waals surface area contributed by atoms with Crippen LogP contribution in [0.1, 0.15) is 5.56 Å². The molecule has 2 nitrogen and oxygen atoms in total. The molecule has 0 fully saturated rings. The van der Waals surface area contributed by atoms with Gasteiger partial charge in [-0.1, -0.05) is 23.7 Å². The summed E-state index contributed by atoms with van der Waals surface area (Å²) in [7, 11) is 0. The summed E-state index contributed by atoms with van der Waals surface area (Å²) in [6, 6.07) is 9.87. The Labute approximate surface area is 113 Å². The summed E-state index contributed by atoms with van der Waals surface area (Å²) < 4.78 is 1.03. The number of rotatable bonds is 1. The topological polar surface area (TPSA) is 24.9 Å². The first-order valence-electron chi connectivity index (χ1n) is 5.43. The molecule has 17 heavy (non-hydrogen) atoms. The van der Waals surface area contributed by atoms with Crippen molar-refractivity contribution < 1.29 is 0 Å². The molecular weight excluding hydrogens is 300 g/mol. The molecule has 0 saturated carbocycles. The van der Waals surface area contributed by atoms with Crippen LogP contribution in [0.25, 0.3) is 11.3 Å². The van der Waals surface area contributed by atoms with Crippen LogP contribution in [0, 0.1) is 0 Å². The Morgan fingerprint density at radius 1 is 1.24 bits per heavy atom. The normalized spacial score (nSPS) is 13.3. The van der Waals surface area contributed by atoms with E-state index in [1.54, 1.807) is 0 Å². The van der Waals surface area contributed by atoms with Crippen LogP contribution in [0.5, 0.6) is 0 Å². The lowest BCUT2D eigenvalue weighted by Crippen LogP contribution is -1.95. The number of nitrogens with one attached hydrogen (secondary N) is 1. The van der Waals surface area contributed by atoms with Crippen LogP contribution < -0.4 is 5.32 Å². The second-order valence-corrected chi connectivity index (χ2v) is 5.30. The van der Waals surface area contributed by atoms with E-state index in [0.717, 1.165) is 39.5 Å². The minimum absolute atomic E-state index is 0.740. The maximum atomic E-state index is 5.89. The van der Waals surface area contributed by atoms with Crippen LogP contribution in [0.4, 0.5) is 5.82 Å². The van der Waals surface area contributed by atoms with Gasteiger partial charge in [0.2, 0.25) is 0 Å². The van der Waals surface area contributed by atoms with Crippen LogP contribution in [0.15, 0.2) is 34.8 Å². The maximum absolute atomic E-state index is 5.89. The number of fused-ring (bicyclic) bond motifs is 1. The van der Waals surface area contributed by atoms with Gasteiger partial charge in [-0.2, -0.15) is 0 Å². The van der Waals surface area contributed by atoms with E-state index in [-0.39, 0.29) is 0 Å². The minimum Gasteiger partial charge on any atom is -0.369 e. The molecule has 2 heterocycles. The smallest absolute Gasteiger partial charge is 0.130 e. The van der Waals surface area contributed by atoms with Crippen molar-refractivity contribution in [3.63, 3.8) is 0 Å². The Morgan fingerprint density at radius 2 is 2.00 bits per heavy atom. The monoisotopic (exact) mass is 308 g/mol. The first kappa shape index (κ1) is 11.1. The van der Waals surface area contributed by atoms with Crippen molar-refractivity contribution in [3.8, 4) is 11.3 Å². The highest BCUT2D eigenvalue weighted by Gasteiger charge is 2.15. The van der Waals surface area contributed by atoms with E-state index >= 15 is 0 Å². The molecule has 0 unspecified atom stereocenters. The summed E-state index contributed by atoms with van der Waals surface area (Å²) in [5, 5.41) is 4.03. The summed E-state index contributed by atoms with van der Waals surface area (Å²) >= 11 is 9.47. The molecule has 0 spiro atoms. The van der Waals surface area contributed by atoms with Gasteiger partial charge in [-0.3, -0.25) is 0 Å². The Bertz CT molecular complexity index is 566. The number of pyridine rings is 1. The fraction of sp³-hybridized carbons (Fsp3) is 0.154. The quantitative estimate of drug-likeness (QED) is 0.856. The Kier molecular flexibility index (Phi) is 2.81. The molecule has 1 aromatic carbocycles. The summed E-state index contributed by atoms with van der Waals surface area (Å²) in [5.41, 5.74) is 3.29. The predicted octanol–water partition coefficient (Wildman–Crippen LogP) is 4.13. The second-order valence-electron chi connectivity index (χ2n) is 4.01. The molecule has 0 saturated heterocycles. The van der Waals surface area contributed by atoms with E-state index in [1.165, 1.54) is 5.56 Å². The number of benzene rings is 1. The van der Waals surface area contributed by atoms with E-state index in [4.69, 9.17) is 11.6 Å². The predicted molar refractivity (Wildman–Crippen MR) is 74.6 cm³/mol. The Hall–Kier alpha value is -1.06. The number of anilines is 1. The molecule has 0 radical (unpaired) electrons. The standard InChI is InChI=1S/C13H10BrClN2/c14-11-7-9-5-6-16-13(9)17-12(11)8-1-3-10(15)4-2-8/h1-4,7H,5-6H2,(H,16,17). The van der Waals surface area contributed by atoms with Gasteiger partial charge < -0.3 is 5.32 Å². The first-order chi connectivity index (χ1) is 8.24. The van der Waals surface area contributed by atoms with Crippen molar-refractivity contribution >= 4 is 33.3 Å². The summed E-state index contributed by atoms with van der Waals surface area (Å²) in [5.74, 6) is 0.998. The summed E-state index contributed by atoms with van der Waals surface area (Å²) in [6.45, 7) is 0.971. The maximum Gasteiger partial charge on any atom is 0.130 e. The Morgan fingerprint density at radius 3 is 2.76 bits per heavy atom. The van der Waals surface area contributed by atoms with E-state index in [1.807, 2.05) is 24.3 Å². The molecule has 1 N–H and O–H groups in total. The van der Waals surface area contributed by atoms with Crippen LogP contribution in [0.2, 0.25) is 5.02 Å². The molecule has 0 aliphatic carbocycles. The molecule has 1 aliphatic heterocycles. The largest absolute Gasteiger partial charge is 0.369 e. The summed E-state index contributed by atoms with van der Waals surface area (Å²) in [4.78, 5) is 4.65. The van der Waals surface area contributed by atoms with Crippen LogP contribution in [-0.2, 0) is 6.42 Å². The van der Waals surface area contributed by atoms with E-state index < -0.39 is 0 Å². The molecule has 2 aromatic rings. The zero-order valence-electron chi connectivity index (χ0n) is 9.00. The fourth-order valence-electron chi connectivity index (χ4n) is 2.00. The average Bonchev–Trinajstić information content (AvgIpc) is 2.76. The van der Waals surface area contributed by atoms with Crippen molar-refractivity contribution in [2.75, 3.05) is 11.9 Å². The van der Waals surface area contributed by atoms with Gasteiger partial charge in [-0.05, 0) is 46.1 Å². The number of aromatic nitrogens is 1. The minimum atomic E-state index is 0.740. The van der Waals surface area contributed by atoms with Gasteiger partial charge in [-0.25, -0.2) is 4.98 Å². The molecule has 0 amide bonds. The number of hydrogen-bond acceptors (Lipinski definition) is 2. The average molecular weight is 310 g/mol. The number of nitrogens with zero attached hydrogens (tertiary/aromatic N) is 1. The van der Waals surface area contributed by atoms with Crippen LogP contribution in [-0.4, -0.2) is 11.5 Å². The fourth-order valence-corrected chi connectivity index (χ4v) is 2.72. The van der Waals surface area contributed by atoms with Crippen molar-refractivity contribution in [1.29, 1.82) is 0 Å². The highest BCUT2D eigenvalue weighted by molar-refractivity contribution is 9.10. The van der Waals surface area contributed by atoms with Gasteiger partial charge in [0.15, 0.2) is 0 Å². The van der Waals surface area contributed by atoms with Gasteiger partial charge in [0.25, 0.3) is 0 Å². The third kappa shape index (κ3) is 2.05. The van der Waals surface area contributed by atoms with Crippen LogP contribution >= 0.6 is 27.5 Å². The van der Waals surface area contributed by atoms with Gasteiger partial charge in [0.05, 0.1) is 5.69 Å². The zero-order valence-corrected chi connectivity index (χ0v) is 11.3. The lowest BCUT2D eigenvalue weighted by atomic mass is 10.1. The van der Waals surface area contributed by atoms with Crippen molar-refractivity contribution in [1.82, 2.24) is 4.98 Å². The molecule has 0 bridgehead atoms. The SMILES string of the molecule is Clc1ccc(-c2nc3c(cc2Br)CCN3)cc1. The third-order valence-electron chi connectivity index (χ3n) is 2.86. The highest BCUT2D eigenvalue weighted by Crippen LogP contribution is 2.32. The van der Waals surface area contributed by atoms with Crippen molar-refractivity contribution in [3.05, 3.63) is 45.4 Å². The molecule has 1 aliphatic rings. The molecule has 4 heteroatoms. The third-order valence-corrected chi connectivity index (χ3v) is 3.72. The molecular formula is C13H10BrClN2. The van der Waals surface area contributed by atoms with Crippen molar-refractivity contribution in [2.24, 2.45) is 0 Å². The van der Waals surface area contributed by atoms with Crippen LogP contribution in [0.3, 0.4) is 0 Å². The molecule has 1 aromatic heterocycles. The van der Waals surface area contributed by atoms with Gasteiger partial charge in [0, 0.05) is 21.6 Å². The second kappa shape index (κ2) is 4.31. The van der Waals surface area contributed by atoms with E-state index in [2.05, 4.69) is 32.3 Å². The lowest BCUT2D eigenvalue weighted by molar-refractivity contribution is 1.10. The van der Waals surface area contributed by atoms with Crippen molar-refractivity contribution in [2.45, 2.75) is 6.42 Å². The lowest BCUT2D eigenvalue weighted by Gasteiger charge is -2.07. The zero-order chi connectivity index (χ0) is 11.8. The molecule has 3 rings (SSSR count). The van der Waals surface area contributed by atoms with Gasteiger partial charge in [0.1, 0.15) is 5.82 Å². The molecule has 0 atom stereocenters. The van der Waals surface area contributed by atoms with Gasteiger partial charge >= 0.3 is 0 Å². The number of halogens is 2. The Balaban J connectivity index is 2.11. The van der Waals surface area contributed by atoms with E-state index in [9.17, 15) is 0 Å². The van der Waals surface area contributed by atoms with Gasteiger partial charge in [-0.15, -0.1) is 0 Å². The first-order valence-corrected chi connectivity index (χ1v) is 6.60. The van der Waals surface area contributed by atoms with E-state index in [0.29, 0.717) is 0 Å². The highest BCUT2D eigenvalue weighted by atomic mass is 79.9. The summed E-state index contributed by atoms with van der Waals surface area (Å²) in [6.07, 6.45) is 1.04. The number of hydrogen-bond donors (Lipinski definition) is 1. The molecule has 86 valence electrons.